The van der Waals surface area contributed by atoms with Crippen molar-refractivity contribution in [2.45, 2.75) is 32.9 Å². The van der Waals surface area contributed by atoms with Gasteiger partial charge in [0.05, 0.1) is 24.5 Å². The highest BCUT2D eigenvalue weighted by Gasteiger charge is 2.14. The minimum atomic E-state index is -0.201. The highest BCUT2D eigenvalue weighted by atomic mass is 32.1. The maximum atomic E-state index is 11.9. The number of nitrogens with zero attached hydrogens (tertiary/aromatic N) is 4. The van der Waals surface area contributed by atoms with E-state index in [1.165, 1.54) is 0 Å². The lowest BCUT2D eigenvalue weighted by Crippen LogP contribution is -2.05. The summed E-state index contributed by atoms with van der Waals surface area (Å²) in [5.74, 6) is 0.344. The van der Waals surface area contributed by atoms with Crippen LogP contribution < -0.4 is 4.74 Å². The van der Waals surface area contributed by atoms with Gasteiger partial charge < -0.3 is 9.47 Å². The second kappa shape index (κ2) is 12.3. The van der Waals surface area contributed by atoms with Gasteiger partial charge >= 0.3 is 5.97 Å². The molecule has 7 nitrogen and oxygen atoms in total. The number of pyridine rings is 1. The number of ether oxygens (including phenoxy) is 2. The molecule has 192 valence electrons. The number of carbonyl (C=O) groups excluding carboxylic acids is 1. The van der Waals surface area contributed by atoms with Crippen molar-refractivity contribution in [3.63, 3.8) is 0 Å². The molecule has 3 aromatic heterocycles. The summed E-state index contributed by atoms with van der Waals surface area (Å²) in [6.07, 6.45) is 4.68. The van der Waals surface area contributed by atoms with E-state index in [9.17, 15) is 4.79 Å². The van der Waals surface area contributed by atoms with Crippen molar-refractivity contribution in [3.8, 4) is 27.7 Å². The fraction of sp³-hybridized carbons (Fsp3) is 0.200. The summed E-state index contributed by atoms with van der Waals surface area (Å²) in [6.45, 7) is 3.11. The van der Waals surface area contributed by atoms with Gasteiger partial charge in [-0.1, -0.05) is 66.7 Å². The molecule has 0 unspecified atom stereocenters. The van der Waals surface area contributed by atoms with Crippen LogP contribution in [0, 0.1) is 0 Å². The third-order valence-corrected chi connectivity index (χ3v) is 6.81. The molecule has 0 radical (unpaired) electrons. The normalized spacial score (nSPS) is 10.9. The number of hydrogen-bond donors (Lipinski definition) is 0. The first-order chi connectivity index (χ1) is 18.7. The van der Waals surface area contributed by atoms with Crippen LogP contribution >= 0.6 is 11.3 Å². The first-order valence-corrected chi connectivity index (χ1v) is 13.4. The number of benzene rings is 2. The van der Waals surface area contributed by atoms with Crippen LogP contribution in [0.2, 0.25) is 0 Å². The van der Waals surface area contributed by atoms with Crippen molar-refractivity contribution in [2.24, 2.45) is 0 Å². The third kappa shape index (κ3) is 6.52. The van der Waals surface area contributed by atoms with Crippen LogP contribution in [0.25, 0.3) is 21.8 Å². The molecule has 0 aliphatic carbocycles. The van der Waals surface area contributed by atoms with E-state index in [2.05, 4.69) is 22.1 Å². The Morgan fingerprint density at radius 2 is 1.74 bits per heavy atom. The Hall–Kier alpha value is -4.30. The van der Waals surface area contributed by atoms with Crippen LogP contribution in [0.1, 0.15) is 30.2 Å². The Labute approximate surface area is 225 Å². The van der Waals surface area contributed by atoms with Gasteiger partial charge in [0.2, 0.25) is 5.88 Å². The van der Waals surface area contributed by atoms with E-state index in [1.54, 1.807) is 17.5 Å². The summed E-state index contributed by atoms with van der Waals surface area (Å²) in [7, 11) is 0. The molecule has 3 heterocycles. The Kier molecular flexibility index (Phi) is 8.20. The quantitative estimate of drug-likeness (QED) is 0.192. The monoisotopic (exact) mass is 524 g/mol. The molecular weight excluding hydrogens is 496 g/mol. The molecule has 0 N–H and O–H groups in total. The largest absolute Gasteiger partial charge is 0.471 e. The van der Waals surface area contributed by atoms with Gasteiger partial charge in [-0.3, -0.25) is 9.48 Å². The summed E-state index contributed by atoms with van der Waals surface area (Å²) in [6, 6.07) is 24.0. The number of esters is 1. The molecule has 38 heavy (non-hydrogen) atoms. The first kappa shape index (κ1) is 25.4. The fourth-order valence-corrected chi connectivity index (χ4v) is 4.86. The number of hydrogen-bond acceptors (Lipinski definition) is 7. The van der Waals surface area contributed by atoms with Crippen molar-refractivity contribution < 1.29 is 14.3 Å². The van der Waals surface area contributed by atoms with E-state index in [0.29, 0.717) is 38.5 Å². The van der Waals surface area contributed by atoms with Crippen molar-refractivity contribution in [3.05, 3.63) is 107 Å². The van der Waals surface area contributed by atoms with Crippen LogP contribution in [-0.2, 0) is 29.1 Å². The van der Waals surface area contributed by atoms with E-state index in [1.807, 2.05) is 83.8 Å². The summed E-state index contributed by atoms with van der Waals surface area (Å²) in [4.78, 5) is 21.1. The predicted octanol–water partition coefficient (Wildman–Crippen LogP) is 6.19. The van der Waals surface area contributed by atoms with Crippen molar-refractivity contribution in [2.75, 3.05) is 6.61 Å². The Morgan fingerprint density at radius 3 is 2.45 bits per heavy atom. The molecule has 5 rings (SSSR count). The Balaban J connectivity index is 1.23. The van der Waals surface area contributed by atoms with Gasteiger partial charge in [-0.25, -0.2) is 9.97 Å². The minimum Gasteiger partial charge on any atom is -0.471 e. The van der Waals surface area contributed by atoms with Crippen molar-refractivity contribution in [1.29, 1.82) is 0 Å². The molecule has 2 aromatic carbocycles. The van der Waals surface area contributed by atoms with Crippen LogP contribution in [0.4, 0.5) is 0 Å². The Morgan fingerprint density at radius 1 is 0.974 bits per heavy atom. The van der Waals surface area contributed by atoms with E-state index in [0.717, 1.165) is 38.6 Å². The third-order valence-electron chi connectivity index (χ3n) is 5.87. The first-order valence-electron chi connectivity index (χ1n) is 12.5. The van der Waals surface area contributed by atoms with Crippen molar-refractivity contribution in [1.82, 2.24) is 19.7 Å². The molecule has 0 saturated carbocycles. The zero-order valence-electron chi connectivity index (χ0n) is 21.1. The molecule has 0 amide bonds. The second-order valence-electron chi connectivity index (χ2n) is 8.67. The zero-order valence-corrected chi connectivity index (χ0v) is 21.9. The molecule has 0 aliphatic rings. The molecule has 0 saturated heterocycles. The molecule has 0 fully saturated rings. The summed E-state index contributed by atoms with van der Waals surface area (Å²) < 4.78 is 12.9. The van der Waals surface area contributed by atoms with Crippen LogP contribution in [0.5, 0.6) is 5.88 Å². The van der Waals surface area contributed by atoms with E-state index >= 15 is 0 Å². The van der Waals surface area contributed by atoms with Gasteiger partial charge in [0, 0.05) is 41.4 Å². The average Bonchev–Trinajstić information content (AvgIpc) is 3.60. The SMILES string of the molecule is CCOC(=O)CCc1cn(Cc2ccc(OCc3csc(-c4ccccc4)n3)nc2)nc1-c1ccccc1. The number of aromatic nitrogens is 4. The van der Waals surface area contributed by atoms with E-state index in [4.69, 9.17) is 14.6 Å². The molecule has 8 heteroatoms. The van der Waals surface area contributed by atoms with Crippen molar-refractivity contribution >= 4 is 17.3 Å². The molecule has 5 aromatic rings. The smallest absolute Gasteiger partial charge is 0.306 e. The van der Waals surface area contributed by atoms with Gasteiger partial charge in [0.1, 0.15) is 11.6 Å². The molecule has 0 atom stereocenters. The number of aryl methyl sites for hydroxylation is 1. The highest BCUT2D eigenvalue weighted by molar-refractivity contribution is 7.13. The van der Waals surface area contributed by atoms with Gasteiger partial charge in [-0.05, 0) is 24.5 Å². The maximum Gasteiger partial charge on any atom is 0.306 e. The zero-order chi connectivity index (χ0) is 26.2. The fourth-order valence-electron chi connectivity index (χ4n) is 4.05. The number of carbonyl (C=O) groups is 1. The average molecular weight is 525 g/mol. The lowest BCUT2D eigenvalue weighted by molar-refractivity contribution is -0.143. The van der Waals surface area contributed by atoms with E-state index < -0.39 is 0 Å². The van der Waals surface area contributed by atoms with Gasteiger partial charge in [-0.2, -0.15) is 5.10 Å². The van der Waals surface area contributed by atoms with Gasteiger partial charge in [-0.15, -0.1) is 11.3 Å². The van der Waals surface area contributed by atoms with Gasteiger partial charge in [0.25, 0.3) is 0 Å². The lowest BCUT2D eigenvalue weighted by atomic mass is 10.0. The lowest BCUT2D eigenvalue weighted by Gasteiger charge is -2.05. The number of rotatable bonds is 11. The summed E-state index contributed by atoms with van der Waals surface area (Å²) in [5, 5.41) is 7.81. The van der Waals surface area contributed by atoms with E-state index in [-0.39, 0.29) is 5.97 Å². The van der Waals surface area contributed by atoms with Crippen LogP contribution in [0.3, 0.4) is 0 Å². The van der Waals surface area contributed by atoms with Gasteiger partial charge in [0.15, 0.2) is 0 Å². The summed E-state index contributed by atoms with van der Waals surface area (Å²) in [5.41, 5.74) is 5.88. The topological polar surface area (TPSA) is 79.1 Å². The highest BCUT2D eigenvalue weighted by Crippen LogP contribution is 2.25. The maximum absolute atomic E-state index is 11.9. The standard InChI is InChI=1S/C30H28N4O3S/c1-2-36-28(35)16-14-25-19-34(33-29(25)23-9-5-3-6-10-23)18-22-13-15-27(31-17-22)37-20-26-21-38-30(32-26)24-11-7-4-8-12-24/h3-13,15,17,19,21H,2,14,16,18,20H2,1H3. The van der Waals surface area contributed by atoms with Crippen LogP contribution in [0.15, 0.2) is 90.6 Å². The Bertz CT molecular complexity index is 1460. The molecular formula is C30H28N4O3S. The molecule has 0 spiro atoms. The number of thiazole rings is 1. The second-order valence-corrected chi connectivity index (χ2v) is 9.53. The molecule has 0 aliphatic heterocycles. The minimum absolute atomic E-state index is 0.201. The molecule has 0 bridgehead atoms. The van der Waals surface area contributed by atoms with Crippen LogP contribution in [-0.4, -0.2) is 32.3 Å². The summed E-state index contributed by atoms with van der Waals surface area (Å²) >= 11 is 1.60. The predicted molar refractivity (Wildman–Crippen MR) is 148 cm³/mol.